The molecule has 0 N–H and O–H groups in total. The molecule has 3 rings (SSSR count). The van der Waals surface area contributed by atoms with Crippen molar-refractivity contribution in [2.24, 2.45) is 0 Å². The molecule has 0 spiro atoms. The minimum atomic E-state index is 0.270. The van der Waals surface area contributed by atoms with E-state index in [0.29, 0.717) is 12.3 Å². The van der Waals surface area contributed by atoms with Gasteiger partial charge in [-0.05, 0) is 43.2 Å². The second-order valence-corrected chi connectivity index (χ2v) is 5.78. The smallest absolute Gasteiger partial charge is 0.163 e. The summed E-state index contributed by atoms with van der Waals surface area (Å²) in [4.78, 5) is 12.4. The molecular weight excluding hydrogens is 244 g/mol. The standard InChI is InChI=1S/C19H20O/c1-14-9-11-16(12-10-14)19(20)13-17-7-4-6-15-5-2-3-8-18(15)17/h2-3,5,8-12,17H,4,6-7,13H2,1H3. The molecular formula is C19H20O. The Morgan fingerprint density at radius 2 is 1.85 bits per heavy atom. The Morgan fingerprint density at radius 1 is 1.10 bits per heavy atom. The highest BCUT2D eigenvalue weighted by atomic mass is 16.1. The lowest BCUT2D eigenvalue weighted by atomic mass is 9.79. The molecule has 0 saturated carbocycles. The monoisotopic (exact) mass is 264 g/mol. The van der Waals surface area contributed by atoms with E-state index in [9.17, 15) is 4.79 Å². The van der Waals surface area contributed by atoms with E-state index in [4.69, 9.17) is 0 Å². The zero-order valence-corrected chi connectivity index (χ0v) is 11.9. The van der Waals surface area contributed by atoms with Crippen LogP contribution in [0.2, 0.25) is 0 Å². The number of hydrogen-bond donors (Lipinski definition) is 0. The maximum atomic E-state index is 12.4. The molecule has 1 atom stereocenters. The Morgan fingerprint density at radius 3 is 2.65 bits per heavy atom. The highest BCUT2D eigenvalue weighted by Crippen LogP contribution is 2.34. The third-order valence-corrected chi connectivity index (χ3v) is 4.30. The zero-order valence-electron chi connectivity index (χ0n) is 11.9. The number of fused-ring (bicyclic) bond motifs is 1. The third-order valence-electron chi connectivity index (χ3n) is 4.30. The fourth-order valence-corrected chi connectivity index (χ4v) is 3.15. The minimum Gasteiger partial charge on any atom is -0.294 e. The number of ketones is 1. The summed E-state index contributed by atoms with van der Waals surface area (Å²) in [6, 6.07) is 16.5. The average molecular weight is 264 g/mol. The second kappa shape index (κ2) is 5.62. The van der Waals surface area contributed by atoms with Gasteiger partial charge in [0.1, 0.15) is 0 Å². The topological polar surface area (TPSA) is 17.1 Å². The summed E-state index contributed by atoms with van der Waals surface area (Å²) in [7, 11) is 0. The van der Waals surface area contributed by atoms with Crippen LogP contribution in [0.3, 0.4) is 0 Å². The Hall–Kier alpha value is -1.89. The summed E-state index contributed by atoms with van der Waals surface area (Å²) >= 11 is 0. The van der Waals surface area contributed by atoms with Crippen molar-refractivity contribution in [2.75, 3.05) is 0 Å². The molecule has 1 aliphatic rings. The van der Waals surface area contributed by atoms with Gasteiger partial charge >= 0.3 is 0 Å². The number of benzene rings is 2. The number of hydrogen-bond acceptors (Lipinski definition) is 1. The Kier molecular flexibility index (Phi) is 3.68. The summed E-state index contributed by atoms with van der Waals surface area (Å²) in [6.45, 7) is 2.05. The van der Waals surface area contributed by atoms with Crippen molar-refractivity contribution in [2.45, 2.75) is 38.5 Å². The zero-order chi connectivity index (χ0) is 13.9. The van der Waals surface area contributed by atoms with Gasteiger partial charge in [-0.3, -0.25) is 4.79 Å². The van der Waals surface area contributed by atoms with Crippen molar-refractivity contribution in [3.05, 3.63) is 70.8 Å². The van der Waals surface area contributed by atoms with Gasteiger partial charge in [0.05, 0.1) is 0 Å². The van der Waals surface area contributed by atoms with E-state index in [1.807, 2.05) is 31.2 Å². The van der Waals surface area contributed by atoms with E-state index in [2.05, 4.69) is 24.3 Å². The molecule has 0 heterocycles. The number of aryl methyl sites for hydroxylation is 2. The van der Waals surface area contributed by atoms with Crippen LogP contribution in [0.15, 0.2) is 48.5 Å². The van der Waals surface area contributed by atoms with Gasteiger partial charge in [0, 0.05) is 12.0 Å². The number of carbonyl (C=O) groups excluding carboxylic acids is 1. The lowest BCUT2D eigenvalue weighted by Gasteiger charge is -2.25. The van der Waals surface area contributed by atoms with Crippen LogP contribution < -0.4 is 0 Å². The molecule has 2 aromatic carbocycles. The third kappa shape index (κ3) is 2.67. The molecule has 20 heavy (non-hydrogen) atoms. The first-order valence-corrected chi connectivity index (χ1v) is 7.42. The fourth-order valence-electron chi connectivity index (χ4n) is 3.15. The first kappa shape index (κ1) is 13.1. The maximum Gasteiger partial charge on any atom is 0.163 e. The molecule has 0 aromatic heterocycles. The van der Waals surface area contributed by atoms with E-state index < -0.39 is 0 Å². The lowest BCUT2D eigenvalue weighted by Crippen LogP contribution is -2.14. The molecule has 2 aromatic rings. The minimum absolute atomic E-state index is 0.270. The van der Waals surface area contributed by atoms with Crippen LogP contribution in [0.25, 0.3) is 0 Å². The van der Waals surface area contributed by atoms with E-state index in [1.165, 1.54) is 23.1 Å². The summed E-state index contributed by atoms with van der Waals surface area (Å²) in [5.41, 5.74) is 4.86. The predicted molar refractivity (Wildman–Crippen MR) is 82.2 cm³/mol. The molecule has 0 fully saturated rings. The van der Waals surface area contributed by atoms with Gasteiger partial charge in [-0.15, -0.1) is 0 Å². The normalized spacial score (nSPS) is 17.6. The van der Waals surface area contributed by atoms with Crippen molar-refractivity contribution in [1.29, 1.82) is 0 Å². The van der Waals surface area contributed by atoms with Crippen LogP contribution in [0.5, 0.6) is 0 Å². The first-order chi connectivity index (χ1) is 9.74. The summed E-state index contributed by atoms with van der Waals surface area (Å²) in [6.07, 6.45) is 4.13. The summed E-state index contributed by atoms with van der Waals surface area (Å²) < 4.78 is 0. The van der Waals surface area contributed by atoms with Crippen molar-refractivity contribution >= 4 is 5.78 Å². The van der Waals surface area contributed by atoms with Gasteiger partial charge in [-0.1, -0.05) is 54.1 Å². The Bertz CT molecular complexity index is 610. The van der Waals surface area contributed by atoms with Gasteiger partial charge in [0.25, 0.3) is 0 Å². The molecule has 1 aliphatic carbocycles. The number of rotatable bonds is 3. The molecule has 0 radical (unpaired) electrons. The van der Waals surface area contributed by atoms with E-state index >= 15 is 0 Å². The van der Waals surface area contributed by atoms with Crippen molar-refractivity contribution < 1.29 is 4.79 Å². The second-order valence-electron chi connectivity index (χ2n) is 5.78. The molecule has 1 unspecified atom stereocenters. The molecule has 0 bridgehead atoms. The molecule has 0 saturated heterocycles. The Labute approximate surface area is 120 Å². The fraction of sp³-hybridized carbons (Fsp3) is 0.316. The van der Waals surface area contributed by atoms with Crippen molar-refractivity contribution in [1.82, 2.24) is 0 Å². The van der Waals surface area contributed by atoms with E-state index in [0.717, 1.165) is 18.4 Å². The lowest BCUT2D eigenvalue weighted by molar-refractivity contribution is 0.0971. The van der Waals surface area contributed by atoms with E-state index in [-0.39, 0.29) is 5.78 Å². The van der Waals surface area contributed by atoms with Crippen LogP contribution in [-0.4, -0.2) is 5.78 Å². The van der Waals surface area contributed by atoms with Crippen LogP contribution in [-0.2, 0) is 6.42 Å². The maximum absolute atomic E-state index is 12.4. The molecule has 1 heteroatoms. The molecule has 102 valence electrons. The average Bonchev–Trinajstić information content (AvgIpc) is 2.48. The molecule has 0 amide bonds. The highest BCUT2D eigenvalue weighted by Gasteiger charge is 2.22. The quantitative estimate of drug-likeness (QED) is 0.735. The molecule has 1 nitrogen and oxygen atoms in total. The van der Waals surface area contributed by atoms with Crippen LogP contribution in [0, 0.1) is 6.92 Å². The van der Waals surface area contributed by atoms with Crippen LogP contribution >= 0.6 is 0 Å². The van der Waals surface area contributed by atoms with Crippen molar-refractivity contribution in [3.63, 3.8) is 0 Å². The van der Waals surface area contributed by atoms with Gasteiger partial charge in [-0.25, -0.2) is 0 Å². The van der Waals surface area contributed by atoms with E-state index in [1.54, 1.807) is 0 Å². The number of carbonyl (C=O) groups is 1. The number of Topliss-reactive ketones (excluding diaryl/α,β-unsaturated/α-hetero) is 1. The van der Waals surface area contributed by atoms with Gasteiger partial charge in [-0.2, -0.15) is 0 Å². The van der Waals surface area contributed by atoms with Gasteiger partial charge in [0.15, 0.2) is 5.78 Å². The SMILES string of the molecule is Cc1ccc(C(=O)CC2CCCc3ccccc32)cc1. The largest absolute Gasteiger partial charge is 0.294 e. The predicted octanol–water partition coefficient (Wildman–Crippen LogP) is 4.69. The van der Waals surface area contributed by atoms with Crippen LogP contribution in [0.1, 0.15) is 52.2 Å². The van der Waals surface area contributed by atoms with Crippen LogP contribution in [0.4, 0.5) is 0 Å². The van der Waals surface area contributed by atoms with Gasteiger partial charge < -0.3 is 0 Å². The summed E-state index contributed by atoms with van der Waals surface area (Å²) in [5, 5.41) is 0. The first-order valence-electron chi connectivity index (χ1n) is 7.42. The summed E-state index contributed by atoms with van der Waals surface area (Å²) in [5.74, 6) is 0.667. The molecule has 0 aliphatic heterocycles. The van der Waals surface area contributed by atoms with Crippen molar-refractivity contribution in [3.8, 4) is 0 Å². The van der Waals surface area contributed by atoms with Gasteiger partial charge in [0.2, 0.25) is 0 Å². The highest BCUT2D eigenvalue weighted by molar-refractivity contribution is 5.96. The Balaban J connectivity index is 1.79.